The lowest BCUT2D eigenvalue weighted by Crippen LogP contribution is -2.06. The van der Waals surface area contributed by atoms with Crippen molar-refractivity contribution in [3.8, 4) is 0 Å². The van der Waals surface area contributed by atoms with Crippen molar-refractivity contribution in [1.29, 1.82) is 0 Å². The van der Waals surface area contributed by atoms with E-state index in [1.165, 1.54) is 25.7 Å². The van der Waals surface area contributed by atoms with Crippen molar-refractivity contribution >= 4 is 29.5 Å². The lowest BCUT2D eigenvalue weighted by molar-refractivity contribution is 0.467. The second kappa shape index (κ2) is 5.88. The molecule has 0 aromatic heterocycles. The van der Waals surface area contributed by atoms with Crippen LogP contribution in [0.25, 0.3) is 0 Å². The molecule has 1 aliphatic carbocycles. The van der Waals surface area contributed by atoms with Crippen molar-refractivity contribution in [2.24, 2.45) is 5.92 Å². The van der Waals surface area contributed by atoms with Crippen molar-refractivity contribution in [3.05, 3.63) is 33.8 Å². The van der Waals surface area contributed by atoms with Gasteiger partial charge in [-0.2, -0.15) is 0 Å². The number of halogens is 2. The lowest BCUT2D eigenvalue weighted by atomic mass is 9.89. The molecule has 0 saturated heterocycles. The van der Waals surface area contributed by atoms with Gasteiger partial charge in [-0.25, -0.2) is 0 Å². The Morgan fingerprint density at radius 3 is 2.53 bits per heavy atom. The highest BCUT2D eigenvalue weighted by molar-refractivity contribution is 6.42. The van der Waals surface area contributed by atoms with E-state index in [-0.39, 0.29) is 5.92 Å². The van der Waals surface area contributed by atoms with Gasteiger partial charge in [0.25, 0.3) is 0 Å². The summed E-state index contributed by atoms with van der Waals surface area (Å²) < 4.78 is 0. The van der Waals surface area contributed by atoms with Gasteiger partial charge < -0.3 is 0 Å². The molecule has 1 aromatic carbocycles. The molecule has 1 unspecified atom stereocenters. The summed E-state index contributed by atoms with van der Waals surface area (Å²) in [6.45, 7) is 0. The maximum atomic E-state index is 11.1. The minimum Gasteiger partial charge on any atom is -0.290 e. The van der Waals surface area contributed by atoms with Crippen molar-refractivity contribution in [1.82, 2.24) is 0 Å². The molecule has 91 valence electrons. The highest BCUT2D eigenvalue weighted by atomic mass is 35.5. The Labute approximate surface area is 112 Å². The molecule has 0 N–H and O–H groups in total. The smallest absolute Gasteiger partial charge is 0.206 e. The van der Waals surface area contributed by atoms with Gasteiger partial charge in [-0.3, -0.25) is 4.79 Å². The van der Waals surface area contributed by atoms with Crippen LogP contribution in [0, 0.1) is 5.92 Å². The third-order valence-electron chi connectivity index (χ3n) is 3.53. The summed E-state index contributed by atoms with van der Waals surface area (Å²) >= 11 is 11.8. The second-order valence-corrected chi connectivity index (χ2v) is 5.54. The topological polar surface area (TPSA) is 17.1 Å². The standard InChI is InChI=1S/C14H15Cl2O/c15-13-6-5-11(8-14(13)16)12(9-17)7-10-3-1-2-4-10/h5-6,8,10,12H,1-4,7H2. The number of hydrogen-bond donors (Lipinski definition) is 0. The van der Waals surface area contributed by atoms with E-state index in [0.29, 0.717) is 16.0 Å². The fourth-order valence-electron chi connectivity index (χ4n) is 2.56. The van der Waals surface area contributed by atoms with Crippen LogP contribution in [0.3, 0.4) is 0 Å². The van der Waals surface area contributed by atoms with Crippen molar-refractivity contribution < 1.29 is 4.79 Å². The van der Waals surface area contributed by atoms with Gasteiger partial charge in [0.1, 0.15) is 0 Å². The Hall–Kier alpha value is -0.530. The summed E-state index contributed by atoms with van der Waals surface area (Å²) in [5.74, 6) is 0.503. The second-order valence-electron chi connectivity index (χ2n) is 4.73. The van der Waals surface area contributed by atoms with E-state index in [1.807, 2.05) is 6.07 Å². The summed E-state index contributed by atoms with van der Waals surface area (Å²) in [5, 5.41) is 1.04. The third-order valence-corrected chi connectivity index (χ3v) is 4.27. The van der Waals surface area contributed by atoms with Crippen LogP contribution in [0.5, 0.6) is 0 Å². The highest BCUT2D eigenvalue weighted by Gasteiger charge is 2.22. The van der Waals surface area contributed by atoms with Crippen LogP contribution in [0.1, 0.15) is 43.6 Å². The normalized spacial score (nSPS) is 18.2. The molecule has 1 saturated carbocycles. The van der Waals surface area contributed by atoms with Crippen molar-refractivity contribution in [2.45, 2.75) is 38.0 Å². The summed E-state index contributed by atoms with van der Waals surface area (Å²) in [7, 11) is 0. The number of carbonyl (C=O) groups excluding carboxylic acids is 1. The molecule has 3 heteroatoms. The Bertz CT molecular complexity index is 397. The fourth-order valence-corrected chi connectivity index (χ4v) is 2.87. The van der Waals surface area contributed by atoms with Gasteiger partial charge in [-0.05, 0) is 30.0 Å². The summed E-state index contributed by atoms with van der Waals surface area (Å²) in [6, 6.07) is 5.41. The maximum Gasteiger partial charge on any atom is 0.206 e. The van der Waals surface area contributed by atoms with Gasteiger partial charge in [-0.15, -0.1) is 0 Å². The minimum atomic E-state index is -0.159. The van der Waals surface area contributed by atoms with Gasteiger partial charge in [0.15, 0.2) is 0 Å². The predicted molar refractivity (Wildman–Crippen MR) is 71.5 cm³/mol. The van der Waals surface area contributed by atoms with Crippen molar-refractivity contribution in [3.63, 3.8) is 0 Å². The number of hydrogen-bond acceptors (Lipinski definition) is 1. The lowest BCUT2D eigenvalue weighted by Gasteiger charge is -2.15. The molecule has 1 fully saturated rings. The van der Waals surface area contributed by atoms with Crippen LogP contribution in [0.15, 0.2) is 18.2 Å². The van der Waals surface area contributed by atoms with Gasteiger partial charge >= 0.3 is 0 Å². The first-order valence-electron chi connectivity index (χ1n) is 6.03. The van der Waals surface area contributed by atoms with E-state index < -0.39 is 0 Å². The summed E-state index contributed by atoms with van der Waals surface area (Å²) in [6.07, 6.45) is 8.08. The Morgan fingerprint density at radius 2 is 1.94 bits per heavy atom. The molecule has 0 bridgehead atoms. The minimum absolute atomic E-state index is 0.159. The summed E-state index contributed by atoms with van der Waals surface area (Å²) in [4.78, 5) is 11.1. The zero-order valence-corrected chi connectivity index (χ0v) is 11.1. The first kappa shape index (κ1) is 12.9. The SMILES string of the molecule is O=[C]C(CC1CCCC1)c1ccc(Cl)c(Cl)c1. The van der Waals surface area contributed by atoms with Crippen LogP contribution in [0.2, 0.25) is 10.0 Å². The van der Waals surface area contributed by atoms with Crippen LogP contribution in [0.4, 0.5) is 0 Å². The largest absolute Gasteiger partial charge is 0.290 e. The molecule has 0 aliphatic heterocycles. The number of benzene rings is 1. The highest BCUT2D eigenvalue weighted by Crippen LogP contribution is 2.34. The average Bonchev–Trinajstić information content (AvgIpc) is 2.82. The van der Waals surface area contributed by atoms with E-state index in [1.54, 1.807) is 12.1 Å². The van der Waals surface area contributed by atoms with E-state index in [9.17, 15) is 4.79 Å². The molecule has 0 heterocycles. The van der Waals surface area contributed by atoms with E-state index in [4.69, 9.17) is 23.2 Å². The summed E-state index contributed by atoms with van der Waals surface area (Å²) in [5.41, 5.74) is 0.932. The van der Waals surface area contributed by atoms with Gasteiger partial charge in [-0.1, -0.05) is 55.0 Å². The zero-order chi connectivity index (χ0) is 12.3. The molecule has 1 atom stereocenters. The molecule has 2 rings (SSSR count). The van der Waals surface area contributed by atoms with Crippen LogP contribution >= 0.6 is 23.2 Å². The van der Waals surface area contributed by atoms with E-state index in [0.717, 1.165) is 12.0 Å². The quantitative estimate of drug-likeness (QED) is 0.770. The molecule has 1 aromatic rings. The molecular weight excluding hydrogens is 255 g/mol. The first-order chi connectivity index (χ1) is 8.20. The molecule has 17 heavy (non-hydrogen) atoms. The number of rotatable bonds is 4. The third kappa shape index (κ3) is 3.23. The van der Waals surface area contributed by atoms with Crippen LogP contribution in [-0.2, 0) is 4.79 Å². The Morgan fingerprint density at radius 1 is 1.24 bits per heavy atom. The first-order valence-corrected chi connectivity index (χ1v) is 6.79. The van der Waals surface area contributed by atoms with Crippen molar-refractivity contribution in [2.75, 3.05) is 0 Å². The molecule has 1 aliphatic rings. The van der Waals surface area contributed by atoms with Crippen LogP contribution in [-0.4, -0.2) is 6.29 Å². The van der Waals surface area contributed by atoms with Gasteiger partial charge in [0.2, 0.25) is 6.29 Å². The molecule has 0 spiro atoms. The fraction of sp³-hybridized carbons (Fsp3) is 0.500. The molecule has 0 amide bonds. The monoisotopic (exact) mass is 269 g/mol. The van der Waals surface area contributed by atoms with Gasteiger partial charge in [0.05, 0.1) is 16.0 Å². The zero-order valence-electron chi connectivity index (χ0n) is 9.59. The van der Waals surface area contributed by atoms with Gasteiger partial charge in [0, 0.05) is 0 Å². The molecule has 1 radical (unpaired) electrons. The average molecular weight is 270 g/mol. The molecule has 1 nitrogen and oxygen atoms in total. The Balaban J connectivity index is 2.10. The van der Waals surface area contributed by atoms with E-state index in [2.05, 4.69) is 6.29 Å². The maximum absolute atomic E-state index is 11.1. The van der Waals surface area contributed by atoms with E-state index >= 15 is 0 Å². The Kier molecular flexibility index (Phi) is 4.47. The van der Waals surface area contributed by atoms with Crippen LogP contribution < -0.4 is 0 Å². The predicted octanol–water partition coefficient (Wildman–Crippen LogP) is 4.77. The molecular formula is C14H15Cl2O.